The number of rotatable bonds is 5. The van der Waals surface area contributed by atoms with Crippen LogP contribution >= 0.6 is 0 Å². The number of piperazine rings is 1. The van der Waals surface area contributed by atoms with Crippen molar-refractivity contribution in [3.8, 4) is 12.3 Å². The summed E-state index contributed by atoms with van der Waals surface area (Å²) in [4.78, 5) is 14.3. The van der Waals surface area contributed by atoms with Gasteiger partial charge in [-0.15, -0.1) is 6.42 Å². The lowest BCUT2D eigenvalue weighted by molar-refractivity contribution is -0.124. The van der Waals surface area contributed by atoms with E-state index in [1.54, 1.807) is 0 Å². The zero-order valence-electron chi connectivity index (χ0n) is 11.8. The molecule has 1 rings (SSSR count). The third-order valence-corrected chi connectivity index (χ3v) is 3.85. The van der Waals surface area contributed by atoms with Gasteiger partial charge < -0.3 is 10.6 Å². The van der Waals surface area contributed by atoms with Gasteiger partial charge in [0.2, 0.25) is 5.91 Å². The third-order valence-electron chi connectivity index (χ3n) is 3.85. The summed E-state index contributed by atoms with van der Waals surface area (Å²) in [6, 6.07) is 0.396. The summed E-state index contributed by atoms with van der Waals surface area (Å²) in [5.41, 5.74) is -0.478. The Morgan fingerprint density at radius 2 is 2.22 bits per heavy atom. The largest absolute Gasteiger partial charge is 0.339 e. The molecular weight excluding hydrogens is 226 g/mol. The van der Waals surface area contributed by atoms with E-state index in [-0.39, 0.29) is 5.91 Å². The molecule has 2 N–H and O–H groups in total. The van der Waals surface area contributed by atoms with Crippen molar-refractivity contribution in [2.24, 2.45) is 0 Å². The van der Waals surface area contributed by atoms with Crippen LogP contribution in [-0.4, -0.2) is 48.6 Å². The fourth-order valence-corrected chi connectivity index (χ4v) is 2.28. The van der Waals surface area contributed by atoms with Crippen molar-refractivity contribution in [3.63, 3.8) is 0 Å². The molecular formula is C14H25N3O. The smallest absolute Gasteiger partial charge is 0.235 e. The van der Waals surface area contributed by atoms with Crippen LogP contribution in [0.5, 0.6) is 0 Å². The molecule has 0 aromatic carbocycles. The number of hydrogen-bond acceptors (Lipinski definition) is 3. The molecule has 0 radical (unpaired) electrons. The standard InChI is InChI=1S/C14H25N3O/c1-5-14(6-2,7-3)16-13(18)11-17-9-8-15-10-12(17)4/h1,12,15H,6-11H2,2-4H3,(H,16,18)/t12-/m0/s1. The molecule has 1 aliphatic rings. The Morgan fingerprint density at radius 3 is 2.72 bits per heavy atom. The highest BCUT2D eigenvalue weighted by atomic mass is 16.2. The molecule has 1 saturated heterocycles. The van der Waals surface area contributed by atoms with E-state index in [2.05, 4.69) is 28.4 Å². The molecule has 0 bridgehead atoms. The van der Waals surface area contributed by atoms with E-state index >= 15 is 0 Å². The van der Waals surface area contributed by atoms with Gasteiger partial charge >= 0.3 is 0 Å². The summed E-state index contributed by atoms with van der Waals surface area (Å²) in [6.07, 6.45) is 7.08. The third kappa shape index (κ3) is 3.72. The molecule has 0 saturated carbocycles. The van der Waals surface area contributed by atoms with Crippen molar-refractivity contribution in [3.05, 3.63) is 0 Å². The SMILES string of the molecule is C#CC(CC)(CC)NC(=O)CN1CCNC[C@@H]1C. The summed E-state index contributed by atoms with van der Waals surface area (Å²) in [7, 11) is 0. The van der Waals surface area contributed by atoms with Gasteiger partial charge in [0.25, 0.3) is 0 Å². The predicted molar refractivity (Wildman–Crippen MR) is 74.2 cm³/mol. The Kier molecular flexibility index (Phi) is 5.64. The lowest BCUT2D eigenvalue weighted by Crippen LogP contribution is -2.55. The molecule has 1 aliphatic heterocycles. The molecule has 1 atom stereocenters. The number of amides is 1. The van der Waals surface area contributed by atoms with Gasteiger partial charge in [0, 0.05) is 25.7 Å². The lowest BCUT2D eigenvalue weighted by Gasteiger charge is -2.34. The van der Waals surface area contributed by atoms with Gasteiger partial charge in [-0.1, -0.05) is 19.8 Å². The van der Waals surface area contributed by atoms with Crippen molar-refractivity contribution < 1.29 is 4.79 Å². The van der Waals surface area contributed by atoms with Crippen LogP contribution in [0.15, 0.2) is 0 Å². The average molecular weight is 251 g/mol. The summed E-state index contributed by atoms with van der Waals surface area (Å²) in [5, 5.41) is 6.32. The Labute approximate surface area is 110 Å². The fraction of sp³-hybridized carbons (Fsp3) is 0.786. The maximum absolute atomic E-state index is 12.1. The minimum Gasteiger partial charge on any atom is -0.339 e. The highest BCUT2D eigenvalue weighted by Gasteiger charge is 2.27. The van der Waals surface area contributed by atoms with Crippen LogP contribution in [0.4, 0.5) is 0 Å². The van der Waals surface area contributed by atoms with Gasteiger partial charge in [-0.2, -0.15) is 0 Å². The van der Waals surface area contributed by atoms with E-state index in [1.165, 1.54) is 0 Å². The second kappa shape index (κ2) is 6.77. The van der Waals surface area contributed by atoms with Gasteiger partial charge in [-0.05, 0) is 19.8 Å². The average Bonchev–Trinajstić information content (AvgIpc) is 2.39. The van der Waals surface area contributed by atoms with Crippen LogP contribution in [0.25, 0.3) is 0 Å². The Bertz CT molecular complexity index is 317. The molecule has 4 heteroatoms. The number of carbonyl (C=O) groups excluding carboxylic acids is 1. The van der Waals surface area contributed by atoms with E-state index in [9.17, 15) is 4.79 Å². The van der Waals surface area contributed by atoms with Crippen molar-refractivity contribution in [1.82, 2.24) is 15.5 Å². The van der Waals surface area contributed by atoms with E-state index in [0.717, 1.165) is 32.5 Å². The maximum Gasteiger partial charge on any atom is 0.235 e. The van der Waals surface area contributed by atoms with Gasteiger partial charge in [0.15, 0.2) is 0 Å². The number of carbonyl (C=O) groups is 1. The molecule has 0 aromatic heterocycles. The van der Waals surface area contributed by atoms with Crippen molar-refractivity contribution >= 4 is 5.91 Å². The van der Waals surface area contributed by atoms with Crippen LogP contribution in [0, 0.1) is 12.3 Å². The normalized spacial score (nSPS) is 21.3. The molecule has 4 nitrogen and oxygen atoms in total. The molecule has 18 heavy (non-hydrogen) atoms. The van der Waals surface area contributed by atoms with Crippen LogP contribution in [-0.2, 0) is 4.79 Å². The molecule has 1 fully saturated rings. The van der Waals surface area contributed by atoms with Crippen molar-refractivity contribution in [2.75, 3.05) is 26.2 Å². The molecule has 1 heterocycles. The highest BCUT2D eigenvalue weighted by molar-refractivity contribution is 5.79. The molecule has 0 unspecified atom stereocenters. The zero-order chi connectivity index (χ0) is 13.6. The first kappa shape index (κ1) is 15.0. The summed E-state index contributed by atoms with van der Waals surface area (Å²) >= 11 is 0. The fourth-order valence-electron chi connectivity index (χ4n) is 2.28. The summed E-state index contributed by atoms with van der Waals surface area (Å²) in [5.74, 6) is 2.76. The van der Waals surface area contributed by atoms with E-state index in [1.807, 2.05) is 13.8 Å². The Balaban J connectivity index is 2.52. The van der Waals surface area contributed by atoms with Crippen LogP contribution in [0.1, 0.15) is 33.6 Å². The van der Waals surface area contributed by atoms with Gasteiger partial charge in [-0.3, -0.25) is 9.69 Å². The van der Waals surface area contributed by atoms with Crippen LogP contribution in [0.2, 0.25) is 0 Å². The van der Waals surface area contributed by atoms with E-state index < -0.39 is 5.54 Å². The Morgan fingerprint density at radius 1 is 1.56 bits per heavy atom. The molecule has 0 aliphatic carbocycles. The molecule has 0 aromatic rings. The topological polar surface area (TPSA) is 44.4 Å². The van der Waals surface area contributed by atoms with E-state index in [4.69, 9.17) is 6.42 Å². The first-order valence-corrected chi connectivity index (χ1v) is 6.80. The monoisotopic (exact) mass is 251 g/mol. The lowest BCUT2D eigenvalue weighted by atomic mass is 9.94. The predicted octanol–water partition coefficient (Wildman–Crippen LogP) is 0.588. The minimum atomic E-state index is -0.478. The van der Waals surface area contributed by atoms with Crippen LogP contribution < -0.4 is 10.6 Å². The number of terminal acetylenes is 1. The summed E-state index contributed by atoms with van der Waals surface area (Å²) in [6.45, 7) is 9.39. The zero-order valence-corrected chi connectivity index (χ0v) is 11.8. The van der Waals surface area contributed by atoms with Crippen LogP contribution in [0.3, 0.4) is 0 Å². The first-order chi connectivity index (χ1) is 8.56. The van der Waals surface area contributed by atoms with Gasteiger partial charge in [-0.25, -0.2) is 0 Å². The Hall–Kier alpha value is -1.05. The maximum atomic E-state index is 12.1. The van der Waals surface area contributed by atoms with Crippen molar-refractivity contribution in [2.45, 2.75) is 45.2 Å². The first-order valence-electron chi connectivity index (χ1n) is 6.80. The second-order valence-electron chi connectivity index (χ2n) is 5.01. The van der Waals surface area contributed by atoms with E-state index in [0.29, 0.717) is 12.6 Å². The highest BCUT2D eigenvalue weighted by Crippen LogP contribution is 2.13. The number of hydrogen-bond donors (Lipinski definition) is 2. The molecule has 0 spiro atoms. The van der Waals surface area contributed by atoms with Crippen molar-refractivity contribution in [1.29, 1.82) is 0 Å². The van der Waals surface area contributed by atoms with Gasteiger partial charge in [0.05, 0.1) is 6.54 Å². The second-order valence-corrected chi connectivity index (χ2v) is 5.01. The minimum absolute atomic E-state index is 0.0328. The van der Waals surface area contributed by atoms with Gasteiger partial charge in [0.1, 0.15) is 5.54 Å². The number of nitrogens with zero attached hydrogens (tertiary/aromatic N) is 1. The molecule has 1 amide bonds. The molecule has 102 valence electrons. The quantitative estimate of drug-likeness (QED) is 0.703. The number of nitrogens with one attached hydrogen (secondary N) is 2. The summed E-state index contributed by atoms with van der Waals surface area (Å²) < 4.78 is 0.